The van der Waals surface area contributed by atoms with Gasteiger partial charge in [0.25, 0.3) is 15.6 Å². The third-order valence-electron chi connectivity index (χ3n) is 4.76. The molecule has 4 aromatic rings. The van der Waals surface area contributed by atoms with Crippen LogP contribution in [0.4, 0.5) is 20.6 Å². The fourth-order valence-corrected chi connectivity index (χ4v) is 5.50. The highest BCUT2D eigenvalue weighted by molar-refractivity contribution is 7.92. The minimum atomic E-state index is -4.13. The second kappa shape index (κ2) is 9.05. The molecule has 2 aromatic carbocycles. The van der Waals surface area contributed by atoms with E-state index in [4.69, 9.17) is 11.6 Å². The molecule has 0 radical (unpaired) electrons. The second-order valence-electron chi connectivity index (χ2n) is 7.30. The summed E-state index contributed by atoms with van der Waals surface area (Å²) in [5.41, 5.74) is 0.768. The molecule has 2 N–H and O–H groups in total. The van der Waals surface area contributed by atoms with Crippen LogP contribution in [0.25, 0.3) is 16.6 Å². The van der Waals surface area contributed by atoms with Crippen molar-refractivity contribution in [2.45, 2.75) is 4.21 Å². The molecule has 0 atom stereocenters. The lowest BCUT2D eigenvalue weighted by Crippen LogP contribution is -2.34. The number of benzene rings is 2. The number of amides is 2. The standard InChI is InChI=1S/C21H17ClFN5O4S2/c1-27(2)13-4-5-14-16(10-13)24-11-28(20(14)29)17-6-3-12(9-15(17)23)25-21(30)26-34(31,32)19-8-7-18(22)33-19/h3-11H,1-2H3,(H2,25,26,30). The van der Waals surface area contributed by atoms with Crippen LogP contribution in [0, 0.1) is 5.82 Å². The topological polar surface area (TPSA) is 113 Å². The van der Waals surface area contributed by atoms with E-state index in [-0.39, 0.29) is 19.9 Å². The van der Waals surface area contributed by atoms with Gasteiger partial charge in [-0.1, -0.05) is 11.6 Å². The van der Waals surface area contributed by atoms with Gasteiger partial charge in [-0.25, -0.2) is 27.3 Å². The Balaban J connectivity index is 1.57. The van der Waals surface area contributed by atoms with E-state index in [0.29, 0.717) is 10.9 Å². The maximum Gasteiger partial charge on any atom is 0.333 e. The molecule has 0 aliphatic heterocycles. The number of rotatable bonds is 5. The minimum absolute atomic E-state index is 0.0180. The van der Waals surface area contributed by atoms with Gasteiger partial charge in [-0.3, -0.25) is 9.36 Å². The van der Waals surface area contributed by atoms with E-state index < -0.39 is 27.4 Å². The van der Waals surface area contributed by atoms with Gasteiger partial charge < -0.3 is 10.2 Å². The van der Waals surface area contributed by atoms with E-state index in [9.17, 15) is 22.4 Å². The van der Waals surface area contributed by atoms with Gasteiger partial charge in [0.2, 0.25) is 0 Å². The van der Waals surface area contributed by atoms with Crippen molar-refractivity contribution in [2.24, 2.45) is 0 Å². The summed E-state index contributed by atoms with van der Waals surface area (Å²) < 4.78 is 42.3. The molecule has 4 rings (SSSR count). The molecule has 0 aliphatic carbocycles. The zero-order valence-corrected chi connectivity index (χ0v) is 20.1. The average molecular weight is 522 g/mol. The molecule has 0 aliphatic rings. The molecule has 0 fully saturated rings. The van der Waals surface area contributed by atoms with Crippen LogP contribution >= 0.6 is 22.9 Å². The lowest BCUT2D eigenvalue weighted by atomic mass is 10.2. The molecule has 0 saturated carbocycles. The van der Waals surface area contributed by atoms with E-state index in [1.807, 2.05) is 23.7 Å². The number of urea groups is 1. The summed E-state index contributed by atoms with van der Waals surface area (Å²) in [6, 6.07) is 10.3. The third-order valence-corrected chi connectivity index (χ3v) is 7.82. The number of fused-ring (bicyclic) bond motifs is 1. The van der Waals surface area contributed by atoms with E-state index in [1.54, 1.807) is 18.2 Å². The average Bonchev–Trinajstić information content (AvgIpc) is 3.21. The highest BCUT2D eigenvalue weighted by atomic mass is 35.5. The van der Waals surface area contributed by atoms with Crippen molar-refractivity contribution in [3.63, 3.8) is 0 Å². The van der Waals surface area contributed by atoms with Crippen LogP contribution in [0.5, 0.6) is 0 Å². The van der Waals surface area contributed by atoms with Gasteiger partial charge >= 0.3 is 6.03 Å². The number of carbonyl (C=O) groups excluding carboxylic acids is 1. The van der Waals surface area contributed by atoms with Gasteiger partial charge in [0, 0.05) is 25.5 Å². The Bertz CT molecular complexity index is 1580. The summed E-state index contributed by atoms with van der Waals surface area (Å²) in [5, 5.41) is 2.56. The van der Waals surface area contributed by atoms with Gasteiger partial charge in [-0.05, 0) is 48.5 Å². The first-order valence-electron chi connectivity index (χ1n) is 9.63. The smallest absolute Gasteiger partial charge is 0.333 e. The molecule has 176 valence electrons. The SMILES string of the molecule is CN(C)c1ccc2c(=O)n(-c3ccc(NC(=O)NS(=O)(=O)c4ccc(Cl)s4)cc3F)cnc2c1. The first-order valence-corrected chi connectivity index (χ1v) is 12.3. The van der Waals surface area contributed by atoms with Crippen LogP contribution in [0.2, 0.25) is 4.34 Å². The number of hydrogen-bond donors (Lipinski definition) is 2. The van der Waals surface area contributed by atoms with Crippen molar-refractivity contribution in [1.82, 2.24) is 14.3 Å². The number of nitrogens with one attached hydrogen (secondary N) is 2. The Morgan fingerprint density at radius 1 is 1.15 bits per heavy atom. The van der Waals surface area contributed by atoms with Crippen LogP contribution in [-0.2, 0) is 10.0 Å². The third kappa shape index (κ3) is 4.74. The zero-order valence-electron chi connectivity index (χ0n) is 17.7. The predicted molar refractivity (Wildman–Crippen MR) is 130 cm³/mol. The molecular formula is C21H17ClFN5O4S2. The van der Waals surface area contributed by atoms with Gasteiger partial charge in [0.1, 0.15) is 16.4 Å². The summed E-state index contributed by atoms with van der Waals surface area (Å²) in [6.07, 6.45) is 1.22. The number of hydrogen-bond acceptors (Lipinski definition) is 7. The summed E-state index contributed by atoms with van der Waals surface area (Å²) >= 11 is 6.52. The molecular weight excluding hydrogens is 505 g/mol. The zero-order chi connectivity index (χ0) is 24.6. The Labute approximate surface area is 202 Å². The van der Waals surface area contributed by atoms with Crippen LogP contribution in [-0.4, -0.2) is 38.1 Å². The van der Waals surface area contributed by atoms with Crippen LogP contribution in [0.1, 0.15) is 0 Å². The van der Waals surface area contributed by atoms with Crippen LogP contribution in [0.3, 0.4) is 0 Å². The summed E-state index contributed by atoms with van der Waals surface area (Å²) in [5.74, 6) is -0.821. The van der Waals surface area contributed by atoms with E-state index in [2.05, 4.69) is 10.3 Å². The Hall–Kier alpha value is -3.48. The molecule has 2 heterocycles. The number of thiophene rings is 1. The van der Waals surface area contributed by atoms with E-state index in [0.717, 1.165) is 27.7 Å². The number of halogens is 2. The van der Waals surface area contributed by atoms with Crippen molar-refractivity contribution in [1.29, 1.82) is 0 Å². The van der Waals surface area contributed by atoms with Gasteiger partial charge in [-0.15, -0.1) is 11.3 Å². The van der Waals surface area contributed by atoms with E-state index in [1.165, 1.54) is 30.6 Å². The Kier molecular flexibility index (Phi) is 6.30. The molecule has 13 heteroatoms. The number of nitrogens with zero attached hydrogens (tertiary/aromatic N) is 3. The van der Waals surface area contributed by atoms with Gasteiger partial charge in [0.15, 0.2) is 0 Å². The van der Waals surface area contributed by atoms with Gasteiger partial charge in [0.05, 0.1) is 20.9 Å². The van der Waals surface area contributed by atoms with Crippen molar-refractivity contribution in [3.05, 3.63) is 75.4 Å². The summed E-state index contributed by atoms with van der Waals surface area (Å²) in [6.45, 7) is 0. The number of anilines is 2. The lowest BCUT2D eigenvalue weighted by molar-refractivity contribution is 0.256. The first-order chi connectivity index (χ1) is 16.0. The molecule has 2 aromatic heterocycles. The summed E-state index contributed by atoms with van der Waals surface area (Å²) in [4.78, 5) is 31.2. The van der Waals surface area contributed by atoms with Crippen LogP contribution < -0.4 is 20.5 Å². The quantitative estimate of drug-likeness (QED) is 0.413. The van der Waals surface area contributed by atoms with Gasteiger partial charge in [-0.2, -0.15) is 0 Å². The van der Waals surface area contributed by atoms with Crippen molar-refractivity contribution in [2.75, 3.05) is 24.3 Å². The van der Waals surface area contributed by atoms with Crippen molar-refractivity contribution >= 4 is 61.3 Å². The highest BCUT2D eigenvalue weighted by Crippen LogP contribution is 2.25. The molecule has 0 saturated heterocycles. The number of carbonyl (C=O) groups is 1. The van der Waals surface area contributed by atoms with Crippen molar-refractivity contribution in [3.8, 4) is 5.69 Å². The van der Waals surface area contributed by atoms with Crippen molar-refractivity contribution < 1.29 is 17.6 Å². The number of aromatic nitrogens is 2. The fourth-order valence-electron chi connectivity index (χ4n) is 3.11. The second-order valence-corrected chi connectivity index (χ2v) is 10.9. The molecule has 2 amide bonds. The molecule has 0 spiro atoms. The Morgan fingerprint density at radius 2 is 1.91 bits per heavy atom. The van der Waals surface area contributed by atoms with E-state index >= 15 is 0 Å². The summed E-state index contributed by atoms with van der Waals surface area (Å²) in [7, 11) is -0.410. The monoisotopic (exact) mass is 521 g/mol. The maximum absolute atomic E-state index is 14.8. The lowest BCUT2D eigenvalue weighted by Gasteiger charge is -2.14. The normalized spacial score (nSPS) is 11.4. The largest absolute Gasteiger partial charge is 0.378 e. The molecule has 0 unspecified atom stereocenters. The fraction of sp³-hybridized carbons (Fsp3) is 0.0952. The van der Waals surface area contributed by atoms with Crippen LogP contribution in [0.15, 0.2) is 63.9 Å². The molecule has 0 bridgehead atoms. The molecule has 34 heavy (non-hydrogen) atoms. The number of sulfonamides is 1. The maximum atomic E-state index is 14.8. The molecule has 9 nitrogen and oxygen atoms in total. The predicted octanol–water partition coefficient (Wildman–Crippen LogP) is 3.82. The minimum Gasteiger partial charge on any atom is -0.378 e. The highest BCUT2D eigenvalue weighted by Gasteiger charge is 2.20. The Morgan fingerprint density at radius 3 is 2.56 bits per heavy atom. The first kappa shape index (κ1) is 23.7.